The Labute approximate surface area is 198 Å². The summed E-state index contributed by atoms with van der Waals surface area (Å²) in [4.78, 5) is 6.52. The molecular weight excluding hydrogens is 517 g/mol. The van der Waals surface area contributed by atoms with E-state index < -0.39 is 44.0 Å². The largest absolute Gasteiger partial charge is 0.453 e. The molecule has 3 N–H and O–H groups in total. The second-order valence-corrected chi connectivity index (χ2v) is 9.25. The van der Waals surface area contributed by atoms with Crippen molar-refractivity contribution in [3.8, 4) is 22.8 Å². The van der Waals surface area contributed by atoms with Crippen LogP contribution in [0.25, 0.3) is 11.3 Å². The molecule has 4 aromatic rings. The molecular formula is C20H12F5N5O3S2. The Hall–Kier alpha value is -3.85. The number of benzene rings is 2. The number of sulfonamides is 1. The lowest BCUT2D eigenvalue weighted by Crippen LogP contribution is -2.15. The van der Waals surface area contributed by atoms with E-state index >= 15 is 0 Å². The summed E-state index contributed by atoms with van der Waals surface area (Å²) in [5.41, 5.74) is 4.35. The number of ether oxygens (including phenoxy) is 1. The number of alkyl halides is 3. The summed E-state index contributed by atoms with van der Waals surface area (Å²) in [6.45, 7) is 0. The summed E-state index contributed by atoms with van der Waals surface area (Å²) in [5.74, 6) is -3.76. The van der Waals surface area contributed by atoms with E-state index in [1.807, 2.05) is 4.72 Å². The maximum Gasteiger partial charge on any atom is 0.416 e. The Morgan fingerprint density at radius 3 is 2.43 bits per heavy atom. The average Bonchev–Trinajstić information content (AvgIpc) is 3.27. The lowest BCUT2D eigenvalue weighted by atomic mass is 10.1. The van der Waals surface area contributed by atoms with Crippen LogP contribution in [0.2, 0.25) is 0 Å². The maximum atomic E-state index is 14.8. The van der Waals surface area contributed by atoms with E-state index in [4.69, 9.17) is 10.5 Å². The molecule has 8 nitrogen and oxygen atoms in total. The lowest BCUT2D eigenvalue weighted by molar-refractivity contribution is -0.137. The third-order valence-electron chi connectivity index (χ3n) is 4.43. The predicted octanol–water partition coefficient (Wildman–Crippen LogP) is 5.07. The summed E-state index contributed by atoms with van der Waals surface area (Å²) in [6, 6.07) is 7.33. The number of nitrogens with two attached hydrogens (primary N) is 1. The van der Waals surface area contributed by atoms with Gasteiger partial charge in [-0.3, -0.25) is 4.72 Å². The van der Waals surface area contributed by atoms with Gasteiger partial charge in [0.25, 0.3) is 10.0 Å². The van der Waals surface area contributed by atoms with Gasteiger partial charge in [-0.1, -0.05) is 6.07 Å². The second-order valence-electron chi connectivity index (χ2n) is 6.82. The monoisotopic (exact) mass is 529 g/mol. The average molecular weight is 529 g/mol. The van der Waals surface area contributed by atoms with Crippen molar-refractivity contribution in [2.24, 2.45) is 0 Å². The number of nitrogen functional groups attached to an aromatic ring is 1. The van der Waals surface area contributed by atoms with Gasteiger partial charge in [-0.05, 0) is 30.3 Å². The fourth-order valence-electron chi connectivity index (χ4n) is 2.90. The first kappa shape index (κ1) is 24.3. The van der Waals surface area contributed by atoms with E-state index in [0.717, 1.165) is 18.5 Å². The molecule has 0 amide bonds. The number of rotatable bonds is 6. The molecule has 0 saturated carbocycles. The molecule has 35 heavy (non-hydrogen) atoms. The number of aromatic nitrogens is 3. The summed E-state index contributed by atoms with van der Waals surface area (Å²) in [6.07, 6.45) is -3.64. The van der Waals surface area contributed by atoms with E-state index in [0.29, 0.717) is 29.7 Å². The van der Waals surface area contributed by atoms with Crippen LogP contribution < -0.4 is 15.2 Å². The van der Waals surface area contributed by atoms with Crippen LogP contribution in [0.4, 0.5) is 32.9 Å². The third-order valence-corrected chi connectivity index (χ3v) is 6.50. The highest BCUT2D eigenvalue weighted by Gasteiger charge is 2.32. The molecule has 0 saturated heterocycles. The zero-order valence-corrected chi connectivity index (χ0v) is 18.7. The Kier molecular flexibility index (Phi) is 6.29. The van der Waals surface area contributed by atoms with Gasteiger partial charge in [-0.25, -0.2) is 27.2 Å². The van der Waals surface area contributed by atoms with Gasteiger partial charge in [0.15, 0.2) is 11.6 Å². The normalized spacial score (nSPS) is 11.9. The van der Waals surface area contributed by atoms with Crippen molar-refractivity contribution in [2.45, 2.75) is 11.1 Å². The molecule has 0 aliphatic rings. The van der Waals surface area contributed by atoms with Crippen molar-refractivity contribution >= 4 is 32.5 Å². The Bertz CT molecular complexity index is 1500. The minimum atomic E-state index is -4.71. The van der Waals surface area contributed by atoms with Gasteiger partial charge in [0, 0.05) is 29.2 Å². The van der Waals surface area contributed by atoms with Gasteiger partial charge in [0.1, 0.15) is 28.6 Å². The van der Waals surface area contributed by atoms with Crippen LogP contribution in [0.5, 0.6) is 11.5 Å². The van der Waals surface area contributed by atoms with E-state index in [1.165, 1.54) is 18.2 Å². The summed E-state index contributed by atoms with van der Waals surface area (Å²) >= 11 is 0.676. The molecule has 0 atom stereocenters. The fourth-order valence-corrected chi connectivity index (χ4v) is 4.63. The lowest BCUT2D eigenvalue weighted by Gasteiger charge is -2.15. The van der Waals surface area contributed by atoms with Gasteiger partial charge in [-0.2, -0.15) is 17.5 Å². The Morgan fingerprint density at radius 2 is 1.77 bits per heavy atom. The summed E-state index contributed by atoms with van der Waals surface area (Å²) in [5, 5.41) is -0.172. The Balaban J connectivity index is 1.74. The fraction of sp³-hybridized carbons (Fsp3) is 0.0500. The first-order chi connectivity index (χ1) is 16.4. The first-order valence-electron chi connectivity index (χ1n) is 9.34. The van der Waals surface area contributed by atoms with Gasteiger partial charge in [-0.15, -0.1) is 0 Å². The molecule has 15 heteroatoms. The van der Waals surface area contributed by atoms with E-state index in [9.17, 15) is 30.4 Å². The minimum absolute atomic E-state index is 0.000534. The molecule has 2 aromatic heterocycles. The molecule has 2 aromatic carbocycles. The van der Waals surface area contributed by atoms with E-state index in [-0.39, 0.29) is 28.0 Å². The second kappa shape index (κ2) is 9.07. The van der Waals surface area contributed by atoms with Crippen LogP contribution in [0.1, 0.15) is 5.56 Å². The molecule has 182 valence electrons. The van der Waals surface area contributed by atoms with Gasteiger partial charge in [0.05, 0.1) is 11.3 Å². The Morgan fingerprint density at radius 1 is 1.00 bits per heavy atom. The van der Waals surface area contributed by atoms with Crippen molar-refractivity contribution < 1.29 is 35.1 Å². The van der Waals surface area contributed by atoms with E-state index in [1.54, 1.807) is 0 Å². The quantitative estimate of drug-likeness (QED) is 0.335. The minimum Gasteiger partial charge on any atom is -0.453 e. The third kappa shape index (κ3) is 5.30. The van der Waals surface area contributed by atoms with Crippen molar-refractivity contribution in [1.82, 2.24) is 14.3 Å². The topological polar surface area (TPSA) is 120 Å². The van der Waals surface area contributed by atoms with Gasteiger partial charge in [0.2, 0.25) is 5.13 Å². The van der Waals surface area contributed by atoms with Crippen molar-refractivity contribution in [1.29, 1.82) is 0 Å². The van der Waals surface area contributed by atoms with Crippen LogP contribution in [0.3, 0.4) is 0 Å². The number of anilines is 2. The standard InChI is InChI=1S/C20H12F5N5O3S2/c21-12-8-17(35(31,32)30-19-27-9-28-34-19)13(22)7-16(12)33-15-5-4-10(20(23,24)25)6-11(15)14-2-1-3-18(26)29-14/h1-9H,(H2,26,29)(H,27,28,30). The van der Waals surface area contributed by atoms with Crippen molar-refractivity contribution in [3.05, 3.63) is 72.1 Å². The predicted molar refractivity (Wildman–Crippen MR) is 116 cm³/mol. The molecule has 0 aliphatic carbocycles. The van der Waals surface area contributed by atoms with Crippen LogP contribution in [-0.2, 0) is 16.2 Å². The van der Waals surface area contributed by atoms with Crippen LogP contribution in [0, 0.1) is 11.6 Å². The highest BCUT2D eigenvalue weighted by Crippen LogP contribution is 2.39. The molecule has 0 unspecified atom stereocenters. The molecule has 0 spiro atoms. The number of nitrogens with zero attached hydrogens (tertiary/aromatic N) is 3. The molecule has 0 aliphatic heterocycles. The summed E-state index contributed by atoms with van der Waals surface area (Å²) < 4.78 is 105. The van der Waals surface area contributed by atoms with Crippen LogP contribution in [-0.4, -0.2) is 22.8 Å². The summed E-state index contributed by atoms with van der Waals surface area (Å²) in [7, 11) is -4.57. The highest BCUT2D eigenvalue weighted by molar-refractivity contribution is 7.93. The maximum absolute atomic E-state index is 14.8. The van der Waals surface area contributed by atoms with Gasteiger partial charge < -0.3 is 10.5 Å². The number of halogens is 5. The smallest absolute Gasteiger partial charge is 0.416 e. The number of nitrogens with one attached hydrogen (secondary N) is 1. The van der Waals surface area contributed by atoms with Crippen LogP contribution in [0.15, 0.2) is 59.8 Å². The first-order valence-corrected chi connectivity index (χ1v) is 11.6. The molecule has 4 rings (SSSR count). The highest BCUT2D eigenvalue weighted by atomic mass is 32.2. The number of hydrogen-bond acceptors (Lipinski definition) is 8. The molecule has 0 fully saturated rings. The number of hydrogen-bond donors (Lipinski definition) is 2. The molecule has 0 bridgehead atoms. The molecule has 0 radical (unpaired) electrons. The molecule has 2 heterocycles. The van der Waals surface area contributed by atoms with Gasteiger partial charge >= 0.3 is 6.18 Å². The van der Waals surface area contributed by atoms with Crippen LogP contribution >= 0.6 is 11.5 Å². The van der Waals surface area contributed by atoms with Crippen molar-refractivity contribution in [3.63, 3.8) is 0 Å². The van der Waals surface area contributed by atoms with E-state index in [2.05, 4.69) is 14.3 Å². The number of pyridine rings is 1. The SMILES string of the molecule is Nc1cccc(-c2cc(C(F)(F)F)ccc2Oc2cc(F)c(S(=O)(=O)Nc3ncns3)cc2F)n1. The van der Waals surface area contributed by atoms with Crippen molar-refractivity contribution in [2.75, 3.05) is 10.5 Å². The zero-order valence-electron chi connectivity index (χ0n) is 17.0. The zero-order chi connectivity index (χ0) is 25.4.